The van der Waals surface area contributed by atoms with E-state index in [0.29, 0.717) is 93.2 Å². The average Bonchev–Trinajstić information content (AvgIpc) is 3.99. The van der Waals surface area contributed by atoms with Gasteiger partial charge in [0.05, 0.1) is 54.6 Å². The summed E-state index contributed by atoms with van der Waals surface area (Å²) in [4.78, 5) is 13.8. The number of hydrogen-bond acceptors (Lipinski definition) is 14. The van der Waals surface area contributed by atoms with E-state index >= 15 is 0 Å². The van der Waals surface area contributed by atoms with Gasteiger partial charge in [-0.15, -0.1) is 22.7 Å². The van der Waals surface area contributed by atoms with Gasteiger partial charge in [-0.2, -0.15) is 8.61 Å². The highest BCUT2D eigenvalue weighted by Crippen LogP contribution is 2.34. The first-order chi connectivity index (χ1) is 31.6. The van der Waals surface area contributed by atoms with Crippen molar-refractivity contribution in [2.24, 2.45) is 0 Å². The van der Waals surface area contributed by atoms with Gasteiger partial charge in [-0.25, -0.2) is 35.6 Å². The molecule has 6 aromatic rings. The zero-order chi connectivity index (χ0) is 47.2. The number of ether oxygens (including phenoxy) is 4. The highest BCUT2D eigenvalue weighted by Gasteiger charge is 2.32. The highest BCUT2D eigenvalue weighted by atomic mass is 35.5. The first-order valence-electron chi connectivity index (χ1n) is 20.3. The van der Waals surface area contributed by atoms with Crippen LogP contribution in [0.4, 0.5) is 19.0 Å². The number of thiazole rings is 2. The zero-order valence-electron chi connectivity index (χ0n) is 36.2. The van der Waals surface area contributed by atoms with Gasteiger partial charge in [0.1, 0.15) is 11.6 Å². The molecule has 2 saturated heterocycles. The molecule has 2 aromatic heterocycles. The van der Waals surface area contributed by atoms with Gasteiger partial charge in [-0.05, 0) is 65.7 Å². The maximum atomic E-state index is 13.7. The monoisotopic (exact) mass is 1020 g/mol. The van der Waals surface area contributed by atoms with Crippen LogP contribution in [-0.2, 0) is 32.9 Å². The molecular formula is C44H46Cl2F2N6O8S4. The smallest absolute Gasteiger partial charge is 0.243 e. The molecule has 0 unspecified atom stereocenters. The molecule has 4 aromatic carbocycles. The van der Waals surface area contributed by atoms with Crippen molar-refractivity contribution in [3.63, 3.8) is 0 Å². The Morgan fingerprint density at radius 2 is 1.02 bits per heavy atom. The van der Waals surface area contributed by atoms with Crippen LogP contribution in [0.5, 0.6) is 23.0 Å². The number of hydrogen-bond donors (Lipinski definition) is 0. The van der Waals surface area contributed by atoms with Gasteiger partial charge < -0.3 is 28.7 Å². The SMILES string of the molecule is COc1ccc(S(=O)(=O)N2CCN(c3nc(Cc4cc(F)cc(Cl)c4)cs3)CC2)cc1OC.COc1ccc(S(=O)(=O)N2CCN(c3nc(Cc4ccc(Cl)c(F)c4)cs3)CC2)cc1OC. The number of halogens is 4. The molecule has 0 N–H and O–H groups in total. The number of nitrogens with zero attached hydrogens (tertiary/aromatic N) is 6. The first kappa shape index (κ1) is 49.1. The third kappa shape index (κ3) is 11.5. The minimum atomic E-state index is -3.66. The molecular weight excluding hydrogens is 978 g/mol. The molecule has 352 valence electrons. The summed E-state index contributed by atoms with van der Waals surface area (Å²) in [5, 5.41) is 5.96. The Kier molecular flexibility index (Phi) is 16.0. The second kappa shape index (κ2) is 21.4. The van der Waals surface area contributed by atoms with Crippen LogP contribution in [0.25, 0.3) is 0 Å². The lowest BCUT2D eigenvalue weighted by Gasteiger charge is -2.33. The third-order valence-electron chi connectivity index (χ3n) is 10.8. The number of rotatable bonds is 14. The topological polar surface area (TPSA) is 144 Å². The molecule has 22 heteroatoms. The molecule has 8 rings (SSSR count). The Balaban J connectivity index is 0.000000196. The summed E-state index contributed by atoms with van der Waals surface area (Å²) in [6.07, 6.45) is 0.972. The molecule has 0 amide bonds. The van der Waals surface area contributed by atoms with E-state index in [4.69, 9.17) is 42.1 Å². The minimum absolute atomic E-state index is 0.0959. The molecule has 0 radical (unpaired) electrons. The Labute approximate surface area is 400 Å². The van der Waals surface area contributed by atoms with Gasteiger partial charge >= 0.3 is 0 Å². The molecule has 0 aliphatic carbocycles. The summed E-state index contributed by atoms with van der Waals surface area (Å²) in [5.41, 5.74) is 3.19. The lowest BCUT2D eigenvalue weighted by molar-refractivity contribution is 0.353. The van der Waals surface area contributed by atoms with Crippen LogP contribution < -0.4 is 28.7 Å². The fourth-order valence-corrected chi connectivity index (χ4v) is 12.3. The van der Waals surface area contributed by atoms with Crippen molar-refractivity contribution in [2.75, 3.05) is 90.6 Å². The minimum Gasteiger partial charge on any atom is -0.493 e. The van der Waals surface area contributed by atoms with E-state index in [1.165, 1.54) is 108 Å². The highest BCUT2D eigenvalue weighted by molar-refractivity contribution is 7.89. The summed E-state index contributed by atoms with van der Waals surface area (Å²) in [5.74, 6) is 0.861. The van der Waals surface area contributed by atoms with Gasteiger partial charge in [0, 0.05) is 93.1 Å². The van der Waals surface area contributed by atoms with Crippen LogP contribution in [0.3, 0.4) is 0 Å². The van der Waals surface area contributed by atoms with E-state index in [1.807, 2.05) is 10.8 Å². The second-order valence-corrected chi connectivity index (χ2v) is 21.3. The number of aromatic nitrogens is 2. The molecule has 2 aliphatic rings. The molecule has 0 atom stereocenters. The van der Waals surface area contributed by atoms with E-state index in [1.54, 1.807) is 24.3 Å². The normalized spacial score (nSPS) is 15.0. The van der Waals surface area contributed by atoms with Gasteiger partial charge in [-0.1, -0.05) is 29.3 Å². The van der Waals surface area contributed by atoms with E-state index in [0.717, 1.165) is 32.8 Å². The summed E-state index contributed by atoms with van der Waals surface area (Å²) in [6.45, 7) is 3.44. The van der Waals surface area contributed by atoms with Gasteiger partial charge in [0.25, 0.3) is 0 Å². The van der Waals surface area contributed by atoms with Crippen LogP contribution >= 0.6 is 45.9 Å². The second-order valence-electron chi connectivity index (χ2n) is 14.9. The van der Waals surface area contributed by atoms with Gasteiger partial charge in [0.15, 0.2) is 33.3 Å². The Morgan fingerprint density at radius 1 is 0.561 bits per heavy atom. The fraction of sp³-hybridized carbons (Fsp3) is 0.318. The quantitative estimate of drug-likeness (QED) is 0.104. The van der Waals surface area contributed by atoms with Crippen molar-refractivity contribution in [1.29, 1.82) is 0 Å². The van der Waals surface area contributed by atoms with Crippen LogP contribution in [0, 0.1) is 11.6 Å². The van der Waals surface area contributed by atoms with E-state index in [9.17, 15) is 25.6 Å². The van der Waals surface area contributed by atoms with E-state index in [-0.39, 0.29) is 20.6 Å². The maximum Gasteiger partial charge on any atom is 0.243 e. The third-order valence-corrected chi connectivity index (χ3v) is 17.0. The first-order valence-corrected chi connectivity index (χ1v) is 25.7. The number of anilines is 2. The van der Waals surface area contributed by atoms with E-state index < -0.39 is 25.9 Å². The standard InChI is InChI=1S/2C22H23ClFN3O4S2/c1-30-20-6-4-17(13-21(20)31-2)33(28,29)27-9-7-26(8-10-27)22-25-16(14-32-22)11-15-3-5-18(23)19(24)12-15;1-30-20-4-3-19(13-21(20)31-2)33(28,29)27-7-5-26(6-8-27)22-25-18(14-32-22)11-15-9-16(23)12-17(24)10-15/h3-6,12-14H,7-11H2,1-2H3;3-4,9-10,12-14H,5-8,11H2,1-2H3. The molecule has 2 aliphatic heterocycles. The summed E-state index contributed by atoms with van der Waals surface area (Å²) < 4.78 is 104. The summed E-state index contributed by atoms with van der Waals surface area (Å²) >= 11 is 14.7. The Bertz CT molecular complexity index is 2850. The number of methoxy groups -OCH3 is 4. The van der Waals surface area contributed by atoms with Crippen molar-refractivity contribution in [3.8, 4) is 23.0 Å². The molecule has 2 fully saturated rings. The lowest BCUT2D eigenvalue weighted by Crippen LogP contribution is -2.48. The van der Waals surface area contributed by atoms with Gasteiger partial charge in [0.2, 0.25) is 20.0 Å². The van der Waals surface area contributed by atoms with Crippen molar-refractivity contribution in [1.82, 2.24) is 18.6 Å². The van der Waals surface area contributed by atoms with Crippen molar-refractivity contribution >= 4 is 76.2 Å². The van der Waals surface area contributed by atoms with Crippen molar-refractivity contribution in [3.05, 3.63) is 128 Å². The van der Waals surface area contributed by atoms with Crippen LogP contribution in [0.1, 0.15) is 22.5 Å². The largest absolute Gasteiger partial charge is 0.493 e. The molecule has 0 bridgehead atoms. The lowest BCUT2D eigenvalue weighted by atomic mass is 10.1. The maximum absolute atomic E-state index is 13.7. The number of piperazine rings is 2. The zero-order valence-corrected chi connectivity index (χ0v) is 41.0. The predicted octanol–water partition coefficient (Wildman–Crippen LogP) is 8.11. The Hall–Kier alpha value is -4.80. The Morgan fingerprint density at radius 3 is 1.44 bits per heavy atom. The molecule has 0 spiro atoms. The number of sulfonamides is 2. The predicted molar refractivity (Wildman–Crippen MR) is 254 cm³/mol. The van der Waals surface area contributed by atoms with Crippen molar-refractivity contribution in [2.45, 2.75) is 22.6 Å². The molecule has 4 heterocycles. The van der Waals surface area contributed by atoms with Crippen molar-refractivity contribution < 1.29 is 44.6 Å². The average molecular weight is 1020 g/mol. The number of benzene rings is 4. The van der Waals surface area contributed by atoms with Crippen LogP contribution in [0.15, 0.2) is 93.3 Å². The summed E-state index contributed by atoms with van der Waals surface area (Å²) in [6, 6.07) is 18.4. The molecule has 14 nitrogen and oxygen atoms in total. The fourth-order valence-electron chi connectivity index (χ4n) is 7.32. The molecule has 66 heavy (non-hydrogen) atoms. The van der Waals surface area contributed by atoms with E-state index in [2.05, 4.69) is 19.8 Å². The van der Waals surface area contributed by atoms with Crippen LogP contribution in [0.2, 0.25) is 10.0 Å². The van der Waals surface area contributed by atoms with Crippen LogP contribution in [-0.4, -0.2) is 116 Å². The van der Waals surface area contributed by atoms with Gasteiger partial charge in [-0.3, -0.25) is 0 Å². The molecule has 0 saturated carbocycles. The summed E-state index contributed by atoms with van der Waals surface area (Å²) in [7, 11) is -1.38.